The lowest BCUT2D eigenvalue weighted by Crippen LogP contribution is -2.34. The molecule has 8 heteroatoms. The molecule has 0 fully saturated rings. The summed E-state index contributed by atoms with van der Waals surface area (Å²) in [5.74, 6) is 0.471. The maximum atomic E-state index is 12.3. The fourth-order valence-corrected chi connectivity index (χ4v) is 2.97. The fraction of sp³-hybridized carbons (Fsp3) is 0.308. The molecule has 3 aromatic rings. The summed E-state index contributed by atoms with van der Waals surface area (Å²) < 4.78 is 10.8. The molecule has 0 spiro atoms. The van der Waals surface area contributed by atoms with E-state index in [0.29, 0.717) is 18.1 Å². The Kier molecular flexibility index (Phi) is 8.19. The second kappa shape index (κ2) is 11.3. The van der Waals surface area contributed by atoms with E-state index in [1.54, 1.807) is 45.3 Å². The maximum Gasteiger partial charge on any atom is 0.325 e. The van der Waals surface area contributed by atoms with Crippen LogP contribution < -0.4 is 15.4 Å². The number of benzene rings is 2. The molecule has 1 aromatic heterocycles. The van der Waals surface area contributed by atoms with Crippen LogP contribution >= 0.6 is 0 Å². The zero-order valence-electron chi connectivity index (χ0n) is 19.9. The minimum atomic E-state index is -0.593. The highest BCUT2D eigenvalue weighted by molar-refractivity contribution is 5.96. The van der Waals surface area contributed by atoms with Crippen LogP contribution in [0.15, 0.2) is 60.9 Å². The number of nitrogens with zero attached hydrogens (tertiary/aromatic N) is 2. The predicted octanol–water partition coefficient (Wildman–Crippen LogP) is 4.75. The van der Waals surface area contributed by atoms with Gasteiger partial charge in [-0.1, -0.05) is 19.1 Å². The molecule has 34 heavy (non-hydrogen) atoms. The van der Waals surface area contributed by atoms with Crippen molar-refractivity contribution < 1.29 is 19.1 Å². The van der Waals surface area contributed by atoms with Gasteiger partial charge in [0.2, 0.25) is 5.95 Å². The monoisotopic (exact) mass is 462 g/mol. The van der Waals surface area contributed by atoms with Gasteiger partial charge in [-0.15, -0.1) is 0 Å². The van der Waals surface area contributed by atoms with E-state index in [9.17, 15) is 9.59 Å². The van der Waals surface area contributed by atoms with E-state index in [1.807, 2.05) is 36.4 Å². The summed E-state index contributed by atoms with van der Waals surface area (Å²) in [6, 6.07) is 14.6. The molecule has 0 bridgehead atoms. The average Bonchev–Trinajstić information content (AvgIpc) is 2.82. The van der Waals surface area contributed by atoms with Crippen molar-refractivity contribution >= 4 is 23.5 Å². The number of carbonyl (C=O) groups is 2. The number of ether oxygens (including phenoxy) is 2. The van der Waals surface area contributed by atoms with E-state index in [-0.39, 0.29) is 12.5 Å². The van der Waals surface area contributed by atoms with Crippen LogP contribution in [0.3, 0.4) is 0 Å². The van der Waals surface area contributed by atoms with Crippen molar-refractivity contribution in [1.29, 1.82) is 0 Å². The molecule has 0 aliphatic heterocycles. The van der Waals surface area contributed by atoms with E-state index >= 15 is 0 Å². The predicted molar refractivity (Wildman–Crippen MR) is 131 cm³/mol. The Bertz CT molecular complexity index is 1090. The molecular weight excluding hydrogens is 432 g/mol. The van der Waals surface area contributed by atoms with Gasteiger partial charge in [-0.2, -0.15) is 0 Å². The number of rotatable bonds is 9. The fourth-order valence-electron chi connectivity index (χ4n) is 2.97. The largest absolute Gasteiger partial charge is 0.494 e. The van der Waals surface area contributed by atoms with Crippen molar-refractivity contribution in [3.05, 3.63) is 66.5 Å². The maximum absolute atomic E-state index is 12.3. The van der Waals surface area contributed by atoms with Gasteiger partial charge in [-0.05, 0) is 69.2 Å². The lowest BCUT2D eigenvalue weighted by molar-refractivity contribution is -0.153. The molecule has 178 valence electrons. The average molecular weight is 463 g/mol. The molecule has 0 radical (unpaired) electrons. The highest BCUT2D eigenvalue weighted by Gasteiger charge is 2.17. The van der Waals surface area contributed by atoms with Crippen LogP contribution in [0.4, 0.5) is 11.6 Å². The minimum absolute atomic E-state index is 0.186. The Morgan fingerprint density at radius 1 is 0.912 bits per heavy atom. The van der Waals surface area contributed by atoms with Gasteiger partial charge in [0.15, 0.2) is 0 Å². The third kappa shape index (κ3) is 7.58. The second-order valence-corrected chi connectivity index (χ2v) is 8.64. The van der Waals surface area contributed by atoms with Crippen molar-refractivity contribution in [3.63, 3.8) is 0 Å². The molecule has 0 saturated carbocycles. The van der Waals surface area contributed by atoms with E-state index in [1.165, 1.54) is 0 Å². The number of aromatic nitrogens is 2. The van der Waals surface area contributed by atoms with Crippen LogP contribution in [0, 0.1) is 0 Å². The Labute approximate surface area is 199 Å². The van der Waals surface area contributed by atoms with Crippen LogP contribution in [0.1, 0.15) is 44.5 Å². The van der Waals surface area contributed by atoms with Crippen molar-refractivity contribution in [2.24, 2.45) is 0 Å². The molecule has 2 aromatic carbocycles. The smallest absolute Gasteiger partial charge is 0.325 e. The quantitative estimate of drug-likeness (QED) is 0.443. The third-order valence-electron chi connectivity index (χ3n) is 4.53. The molecule has 0 aliphatic rings. The number of esters is 1. The van der Waals surface area contributed by atoms with Crippen LogP contribution in [0.5, 0.6) is 5.75 Å². The van der Waals surface area contributed by atoms with Crippen LogP contribution in [-0.4, -0.2) is 40.6 Å². The standard InChI is InChI=1S/C26H30N4O4/c1-5-14-33-22-12-10-21(11-13-22)30-25-28-15-20(16-29-25)18-6-8-19(9-7-18)24(32)27-17-23(31)34-26(2,3)4/h6-13,15-16H,5,14,17H2,1-4H3,(H,27,32)(H,28,29,30). The Hall–Kier alpha value is -3.94. The van der Waals surface area contributed by atoms with Gasteiger partial charge in [0.05, 0.1) is 6.61 Å². The van der Waals surface area contributed by atoms with Gasteiger partial charge in [0.1, 0.15) is 17.9 Å². The molecule has 0 unspecified atom stereocenters. The van der Waals surface area contributed by atoms with Crippen molar-refractivity contribution in [3.8, 4) is 16.9 Å². The molecule has 0 aliphatic carbocycles. The Morgan fingerprint density at radius 2 is 1.56 bits per heavy atom. The molecule has 1 amide bonds. The second-order valence-electron chi connectivity index (χ2n) is 8.64. The first-order chi connectivity index (χ1) is 16.2. The summed E-state index contributed by atoms with van der Waals surface area (Å²) in [4.78, 5) is 32.8. The number of carbonyl (C=O) groups excluding carboxylic acids is 2. The van der Waals surface area contributed by atoms with E-state index < -0.39 is 11.6 Å². The molecule has 2 N–H and O–H groups in total. The van der Waals surface area contributed by atoms with Crippen molar-refractivity contribution in [2.45, 2.75) is 39.7 Å². The van der Waals surface area contributed by atoms with Crippen molar-refractivity contribution in [2.75, 3.05) is 18.5 Å². The van der Waals surface area contributed by atoms with Crippen LogP contribution in [-0.2, 0) is 9.53 Å². The molecule has 8 nitrogen and oxygen atoms in total. The first-order valence-electron chi connectivity index (χ1n) is 11.2. The summed E-state index contributed by atoms with van der Waals surface area (Å²) in [5.41, 5.74) is 2.39. The van der Waals surface area contributed by atoms with Gasteiger partial charge in [-0.25, -0.2) is 9.97 Å². The highest BCUT2D eigenvalue weighted by atomic mass is 16.6. The number of hydrogen-bond donors (Lipinski definition) is 2. The molecule has 0 saturated heterocycles. The SMILES string of the molecule is CCCOc1ccc(Nc2ncc(-c3ccc(C(=O)NCC(=O)OC(C)(C)C)cc3)cn2)cc1. The number of hydrogen-bond acceptors (Lipinski definition) is 7. The number of anilines is 2. The first kappa shape index (κ1) is 24.7. The lowest BCUT2D eigenvalue weighted by Gasteiger charge is -2.19. The van der Waals surface area contributed by atoms with Gasteiger partial charge in [0, 0.05) is 29.2 Å². The zero-order valence-corrected chi connectivity index (χ0v) is 19.9. The zero-order chi connectivity index (χ0) is 24.6. The van der Waals surface area contributed by atoms with E-state index in [0.717, 1.165) is 29.0 Å². The Morgan fingerprint density at radius 3 is 2.15 bits per heavy atom. The molecule has 0 atom stereocenters. The number of nitrogens with one attached hydrogen (secondary N) is 2. The first-order valence-corrected chi connectivity index (χ1v) is 11.2. The van der Waals surface area contributed by atoms with E-state index in [2.05, 4.69) is 27.5 Å². The van der Waals surface area contributed by atoms with Gasteiger partial charge in [-0.3, -0.25) is 9.59 Å². The topological polar surface area (TPSA) is 102 Å². The van der Waals surface area contributed by atoms with Gasteiger partial charge >= 0.3 is 5.97 Å². The molecule has 3 rings (SSSR count). The summed E-state index contributed by atoms with van der Waals surface area (Å²) >= 11 is 0. The van der Waals surface area contributed by atoms with E-state index in [4.69, 9.17) is 9.47 Å². The summed E-state index contributed by atoms with van der Waals surface area (Å²) in [6.45, 7) is 7.90. The van der Waals surface area contributed by atoms with Gasteiger partial charge < -0.3 is 20.1 Å². The number of amides is 1. The minimum Gasteiger partial charge on any atom is -0.494 e. The summed E-state index contributed by atoms with van der Waals surface area (Å²) in [5, 5.41) is 5.73. The van der Waals surface area contributed by atoms with Crippen molar-refractivity contribution in [1.82, 2.24) is 15.3 Å². The van der Waals surface area contributed by atoms with Gasteiger partial charge in [0.25, 0.3) is 5.91 Å². The lowest BCUT2D eigenvalue weighted by atomic mass is 10.1. The third-order valence-corrected chi connectivity index (χ3v) is 4.53. The van der Waals surface area contributed by atoms with Crippen LogP contribution in [0.25, 0.3) is 11.1 Å². The molecular formula is C26H30N4O4. The van der Waals surface area contributed by atoms with Crippen LogP contribution in [0.2, 0.25) is 0 Å². The summed E-state index contributed by atoms with van der Waals surface area (Å²) in [7, 11) is 0. The Balaban J connectivity index is 1.55. The highest BCUT2D eigenvalue weighted by Crippen LogP contribution is 2.21. The normalized spacial score (nSPS) is 10.9. The molecule has 1 heterocycles. The summed E-state index contributed by atoms with van der Waals surface area (Å²) in [6.07, 6.45) is 4.39.